The van der Waals surface area contributed by atoms with E-state index in [0.717, 1.165) is 34.7 Å². The zero-order valence-corrected chi connectivity index (χ0v) is 12.9. The lowest BCUT2D eigenvalue weighted by molar-refractivity contribution is 0.202. The minimum Gasteiger partial charge on any atom is -0.487 e. The number of fused-ring (bicyclic) bond motifs is 1. The van der Waals surface area contributed by atoms with Crippen molar-refractivity contribution in [3.63, 3.8) is 0 Å². The fraction of sp³-hybridized carbons (Fsp3) is 0.222. The van der Waals surface area contributed by atoms with Crippen LogP contribution in [0.4, 0.5) is 5.69 Å². The lowest BCUT2D eigenvalue weighted by Crippen LogP contribution is -2.11. The number of nitrogens with one attached hydrogen (secondary N) is 1. The number of aliphatic hydroxyl groups is 1. The third-order valence-corrected chi connectivity index (χ3v) is 3.96. The Morgan fingerprint density at radius 2 is 2.00 bits per heavy atom. The Balaban J connectivity index is 1.88. The number of ether oxygens (including phenoxy) is 1. The summed E-state index contributed by atoms with van der Waals surface area (Å²) in [6, 6.07) is 13.8. The van der Waals surface area contributed by atoms with Gasteiger partial charge in [-0.2, -0.15) is 0 Å². The number of aliphatic hydroxyl groups excluding tert-OH is 1. The number of anilines is 1. The zero-order valence-electron chi connectivity index (χ0n) is 12.1. The molecule has 0 radical (unpaired) electrons. The van der Waals surface area contributed by atoms with Gasteiger partial charge >= 0.3 is 0 Å². The molecule has 114 valence electrons. The summed E-state index contributed by atoms with van der Waals surface area (Å²) in [6.07, 6.45) is 3.35. The Morgan fingerprint density at radius 1 is 1.18 bits per heavy atom. The van der Waals surface area contributed by atoms with E-state index in [1.165, 1.54) is 0 Å². The molecule has 4 heteroatoms. The van der Waals surface area contributed by atoms with Crippen molar-refractivity contribution in [3.8, 4) is 5.75 Å². The topological polar surface area (TPSA) is 41.5 Å². The molecule has 2 N–H and O–H groups in total. The van der Waals surface area contributed by atoms with E-state index >= 15 is 0 Å². The Bertz CT molecular complexity index is 670. The van der Waals surface area contributed by atoms with Gasteiger partial charge in [-0.3, -0.25) is 0 Å². The van der Waals surface area contributed by atoms with Crippen LogP contribution in [-0.4, -0.2) is 17.5 Å². The summed E-state index contributed by atoms with van der Waals surface area (Å²) in [5.41, 5.74) is 3.80. The predicted molar refractivity (Wildman–Crippen MR) is 90.4 cm³/mol. The molecular weight excluding hydrogens is 298 g/mol. The van der Waals surface area contributed by atoms with Gasteiger partial charge < -0.3 is 15.2 Å². The lowest BCUT2D eigenvalue weighted by atomic mass is 9.98. The first-order chi connectivity index (χ1) is 10.8. The average molecular weight is 316 g/mol. The quantitative estimate of drug-likeness (QED) is 0.820. The van der Waals surface area contributed by atoms with Crippen molar-refractivity contribution in [3.05, 3.63) is 65.2 Å². The highest BCUT2D eigenvalue weighted by atomic mass is 35.5. The lowest BCUT2D eigenvalue weighted by Gasteiger charge is -2.22. The molecule has 1 aliphatic heterocycles. The van der Waals surface area contributed by atoms with Crippen molar-refractivity contribution in [1.82, 2.24) is 0 Å². The van der Waals surface area contributed by atoms with Crippen LogP contribution in [0.1, 0.15) is 22.8 Å². The van der Waals surface area contributed by atoms with Gasteiger partial charge in [0.2, 0.25) is 0 Å². The van der Waals surface area contributed by atoms with Crippen LogP contribution in [0.5, 0.6) is 5.75 Å². The summed E-state index contributed by atoms with van der Waals surface area (Å²) >= 11 is 5.78. The second kappa shape index (κ2) is 6.86. The minimum atomic E-state index is -0.678. The van der Waals surface area contributed by atoms with Crippen LogP contribution >= 0.6 is 11.6 Å². The molecule has 3 rings (SSSR count). The monoisotopic (exact) mass is 315 g/mol. The molecule has 2 aromatic carbocycles. The number of alkyl halides is 1. The highest BCUT2D eigenvalue weighted by Gasteiger charge is 2.18. The van der Waals surface area contributed by atoms with E-state index in [1.54, 1.807) is 0 Å². The second-order valence-corrected chi connectivity index (χ2v) is 5.48. The van der Waals surface area contributed by atoms with Crippen LogP contribution in [0.15, 0.2) is 48.5 Å². The first-order valence-corrected chi connectivity index (χ1v) is 7.81. The summed E-state index contributed by atoms with van der Waals surface area (Å²) in [7, 11) is 0. The van der Waals surface area contributed by atoms with Gasteiger partial charge in [0.1, 0.15) is 12.4 Å². The fourth-order valence-corrected chi connectivity index (χ4v) is 2.71. The van der Waals surface area contributed by atoms with E-state index in [2.05, 4.69) is 5.32 Å². The van der Waals surface area contributed by atoms with Gasteiger partial charge in [0.15, 0.2) is 0 Å². The predicted octanol–water partition coefficient (Wildman–Crippen LogP) is 3.98. The summed E-state index contributed by atoms with van der Waals surface area (Å²) in [5.74, 6) is 0.957. The number of hydrogen-bond acceptors (Lipinski definition) is 3. The molecule has 0 saturated heterocycles. The normalized spacial score (nSPS) is 14.1. The standard InChI is InChI=1S/C18H18ClNO2/c19-11-16(21)14-8-9-17(18-15(14)7-4-10-20-18)22-12-13-5-2-1-3-6-13/h1-9,16,20-21H,10-12H2/t16-/m0/s1. The van der Waals surface area contributed by atoms with Gasteiger partial charge in [-0.1, -0.05) is 48.6 Å². The number of halogens is 1. The van der Waals surface area contributed by atoms with Crippen molar-refractivity contribution in [2.24, 2.45) is 0 Å². The molecule has 0 bridgehead atoms. The van der Waals surface area contributed by atoms with E-state index in [4.69, 9.17) is 16.3 Å². The first-order valence-electron chi connectivity index (χ1n) is 7.27. The molecule has 0 aromatic heterocycles. The molecule has 0 spiro atoms. The minimum absolute atomic E-state index is 0.171. The van der Waals surface area contributed by atoms with Crippen LogP contribution < -0.4 is 10.1 Å². The van der Waals surface area contributed by atoms with Crippen molar-refractivity contribution in [2.75, 3.05) is 17.7 Å². The Kier molecular flexibility index (Phi) is 4.66. The second-order valence-electron chi connectivity index (χ2n) is 5.17. The van der Waals surface area contributed by atoms with Crippen molar-refractivity contribution in [1.29, 1.82) is 0 Å². The molecule has 22 heavy (non-hydrogen) atoms. The van der Waals surface area contributed by atoms with E-state index in [0.29, 0.717) is 6.61 Å². The molecule has 1 heterocycles. The summed E-state index contributed by atoms with van der Waals surface area (Å²) in [5, 5.41) is 13.4. The van der Waals surface area contributed by atoms with Gasteiger partial charge in [0.25, 0.3) is 0 Å². The van der Waals surface area contributed by atoms with E-state index in [9.17, 15) is 5.11 Å². The third-order valence-electron chi connectivity index (χ3n) is 3.66. The first kappa shape index (κ1) is 14.9. The Morgan fingerprint density at radius 3 is 2.77 bits per heavy atom. The zero-order chi connectivity index (χ0) is 15.4. The van der Waals surface area contributed by atoms with E-state index in [-0.39, 0.29) is 5.88 Å². The van der Waals surface area contributed by atoms with Crippen molar-refractivity contribution < 1.29 is 9.84 Å². The maximum atomic E-state index is 10.0. The fourth-order valence-electron chi connectivity index (χ4n) is 2.54. The highest BCUT2D eigenvalue weighted by Crippen LogP contribution is 2.37. The largest absolute Gasteiger partial charge is 0.487 e. The molecule has 2 aromatic rings. The van der Waals surface area contributed by atoms with Gasteiger partial charge in [-0.25, -0.2) is 0 Å². The van der Waals surface area contributed by atoms with Crippen molar-refractivity contribution >= 4 is 23.4 Å². The van der Waals surface area contributed by atoms with E-state index in [1.807, 2.05) is 54.6 Å². The molecular formula is C18H18ClNO2. The SMILES string of the molecule is O[C@@H](CCl)c1ccc(OCc2ccccc2)c2c1C=CCN2. The third kappa shape index (κ3) is 3.11. The van der Waals surface area contributed by atoms with Crippen LogP contribution in [0, 0.1) is 0 Å². The Labute approximate surface area is 135 Å². The van der Waals surface area contributed by atoms with Crippen LogP contribution in [0.2, 0.25) is 0 Å². The van der Waals surface area contributed by atoms with Crippen molar-refractivity contribution in [2.45, 2.75) is 12.7 Å². The molecule has 0 amide bonds. The van der Waals surface area contributed by atoms with E-state index < -0.39 is 6.10 Å². The maximum absolute atomic E-state index is 10.0. The highest BCUT2D eigenvalue weighted by molar-refractivity contribution is 6.18. The summed E-state index contributed by atoms with van der Waals surface area (Å²) in [6.45, 7) is 1.26. The van der Waals surface area contributed by atoms with Crippen LogP contribution in [0.25, 0.3) is 6.08 Å². The van der Waals surface area contributed by atoms with Crippen LogP contribution in [0.3, 0.4) is 0 Å². The number of benzene rings is 2. The molecule has 0 aliphatic carbocycles. The van der Waals surface area contributed by atoms with Gasteiger partial charge in [0.05, 0.1) is 17.7 Å². The summed E-state index contributed by atoms with van der Waals surface area (Å²) in [4.78, 5) is 0. The average Bonchev–Trinajstić information content (AvgIpc) is 2.60. The van der Waals surface area contributed by atoms with Gasteiger partial charge in [-0.15, -0.1) is 11.6 Å². The summed E-state index contributed by atoms with van der Waals surface area (Å²) < 4.78 is 5.95. The maximum Gasteiger partial charge on any atom is 0.143 e. The molecule has 3 nitrogen and oxygen atoms in total. The molecule has 0 unspecified atom stereocenters. The number of rotatable bonds is 5. The van der Waals surface area contributed by atoms with Gasteiger partial charge in [0, 0.05) is 12.1 Å². The Hall–Kier alpha value is -1.97. The number of hydrogen-bond donors (Lipinski definition) is 2. The molecule has 0 fully saturated rings. The molecule has 0 saturated carbocycles. The molecule has 1 atom stereocenters. The van der Waals surface area contributed by atoms with Gasteiger partial charge in [-0.05, 0) is 17.2 Å². The van der Waals surface area contributed by atoms with Crippen LogP contribution in [-0.2, 0) is 6.61 Å². The molecule has 1 aliphatic rings. The smallest absolute Gasteiger partial charge is 0.143 e.